The molecule has 0 radical (unpaired) electrons. The van der Waals surface area contributed by atoms with Gasteiger partial charge in [-0.1, -0.05) is 17.7 Å². The fraction of sp³-hybridized carbons (Fsp3) is 0.320. The molecule has 4 aromatic rings. The number of methoxy groups -OCH3 is 1. The van der Waals surface area contributed by atoms with Gasteiger partial charge in [0.15, 0.2) is 30.2 Å². The van der Waals surface area contributed by atoms with Crippen LogP contribution in [0.2, 0.25) is 5.02 Å². The number of aromatic nitrogens is 6. The maximum atomic E-state index is 14.0. The number of benzene rings is 2. The first kappa shape index (κ1) is 30.7. The van der Waals surface area contributed by atoms with E-state index in [9.17, 15) is 32.3 Å². The molecule has 0 aliphatic rings. The molecule has 12 nitrogen and oxygen atoms in total. The largest absolute Gasteiger partial charge is 0.441 e. The van der Waals surface area contributed by atoms with Crippen LogP contribution in [0.4, 0.5) is 22.4 Å². The summed E-state index contributed by atoms with van der Waals surface area (Å²) in [6, 6.07) is 11.1. The number of aliphatic hydroxyl groups is 1. The molecule has 17 heteroatoms. The van der Waals surface area contributed by atoms with E-state index in [-0.39, 0.29) is 41.9 Å². The lowest BCUT2D eigenvalue weighted by Crippen LogP contribution is -2.37. The van der Waals surface area contributed by atoms with Crippen molar-refractivity contribution in [2.24, 2.45) is 0 Å². The normalized spacial score (nSPS) is 12.4. The van der Waals surface area contributed by atoms with E-state index in [1.165, 1.54) is 54.3 Å². The third kappa shape index (κ3) is 7.51. The molecule has 1 amide bonds. The Hall–Kier alpha value is -4.28. The molecule has 1 atom stereocenters. The minimum Gasteiger partial charge on any atom is -0.441 e. The second-order valence-electron chi connectivity index (χ2n) is 8.77. The van der Waals surface area contributed by atoms with Gasteiger partial charge in [0.25, 0.3) is 0 Å². The number of rotatable bonds is 11. The van der Waals surface area contributed by atoms with Crippen LogP contribution in [0.5, 0.6) is 0 Å². The van der Waals surface area contributed by atoms with Crippen molar-refractivity contribution in [2.75, 3.05) is 20.3 Å². The summed E-state index contributed by atoms with van der Waals surface area (Å²) in [5.41, 5.74) is -0.503. The van der Waals surface area contributed by atoms with Crippen molar-refractivity contribution in [1.29, 1.82) is 0 Å². The van der Waals surface area contributed by atoms with Crippen LogP contribution in [-0.2, 0) is 29.2 Å². The molecule has 2 N–H and O–H groups in total. The van der Waals surface area contributed by atoms with Gasteiger partial charge in [-0.05, 0) is 42.5 Å². The van der Waals surface area contributed by atoms with Crippen molar-refractivity contribution in [2.45, 2.75) is 32.0 Å². The molecule has 224 valence electrons. The lowest BCUT2D eigenvalue weighted by Gasteiger charge is -2.15. The molecule has 0 spiro atoms. The van der Waals surface area contributed by atoms with Gasteiger partial charge in [0, 0.05) is 24.2 Å². The molecule has 0 unspecified atom stereocenters. The molecule has 4 rings (SSSR count). The van der Waals surface area contributed by atoms with E-state index in [0.717, 1.165) is 10.7 Å². The van der Waals surface area contributed by atoms with E-state index in [2.05, 4.69) is 20.5 Å². The van der Waals surface area contributed by atoms with Crippen LogP contribution < -0.4 is 11.0 Å². The van der Waals surface area contributed by atoms with Crippen LogP contribution in [0.25, 0.3) is 17.1 Å². The molecule has 0 bridgehead atoms. The van der Waals surface area contributed by atoms with Crippen molar-refractivity contribution in [1.82, 2.24) is 34.4 Å². The van der Waals surface area contributed by atoms with Crippen LogP contribution in [-0.4, -0.2) is 72.9 Å². The molecule has 2 heterocycles. The molecule has 0 aliphatic carbocycles. The maximum absolute atomic E-state index is 14.0. The maximum Gasteiger partial charge on any atom is 0.416 e. The van der Waals surface area contributed by atoms with Crippen LogP contribution in [0.1, 0.15) is 11.6 Å². The Bertz CT molecular complexity index is 1590. The Kier molecular flexibility index (Phi) is 9.59. The lowest BCUT2D eigenvalue weighted by atomic mass is 10.2. The smallest absolute Gasteiger partial charge is 0.416 e. The van der Waals surface area contributed by atoms with Crippen LogP contribution in [0, 0.1) is 5.82 Å². The highest BCUT2D eigenvalue weighted by molar-refractivity contribution is 6.30. The molecule has 0 saturated carbocycles. The number of nitrogens with zero attached hydrogens (tertiary/aromatic N) is 6. The number of alkyl halides is 3. The van der Waals surface area contributed by atoms with Crippen LogP contribution in [0.15, 0.2) is 53.3 Å². The minimum absolute atomic E-state index is 0.0513. The van der Waals surface area contributed by atoms with Crippen molar-refractivity contribution >= 4 is 17.7 Å². The van der Waals surface area contributed by atoms with Gasteiger partial charge in [-0.2, -0.15) is 13.2 Å². The number of aliphatic hydroxyl groups excluding tert-OH is 1. The molecule has 0 fully saturated rings. The van der Waals surface area contributed by atoms with Gasteiger partial charge >= 0.3 is 18.0 Å². The summed E-state index contributed by atoms with van der Waals surface area (Å²) >= 11 is 5.92. The number of carbonyl (C=O) groups excluding carboxylic acids is 1. The molecule has 0 aliphatic heterocycles. The number of halogens is 5. The number of alkyl carbamates (subject to hydrolysis) is 1. The third-order valence-electron chi connectivity index (χ3n) is 5.73. The molecular formula is C25H24ClF4N7O5. The summed E-state index contributed by atoms with van der Waals surface area (Å²) in [7, 11) is 1.46. The quantitative estimate of drug-likeness (QED) is 0.195. The first-order chi connectivity index (χ1) is 20.0. The van der Waals surface area contributed by atoms with E-state index >= 15 is 0 Å². The van der Waals surface area contributed by atoms with Gasteiger partial charge in [0.05, 0.1) is 18.8 Å². The number of hydrogen-bond donors (Lipinski definition) is 2. The number of amides is 1. The summed E-state index contributed by atoms with van der Waals surface area (Å²) < 4.78 is 66.1. The molecule has 42 heavy (non-hydrogen) atoms. The van der Waals surface area contributed by atoms with Crippen molar-refractivity contribution < 1.29 is 36.9 Å². The molecule has 0 saturated heterocycles. The average molecular weight is 614 g/mol. The molecule has 2 aromatic heterocycles. The molecule has 2 aromatic carbocycles. The van der Waals surface area contributed by atoms with E-state index in [0.29, 0.717) is 9.59 Å². The number of ether oxygens (including phenoxy) is 2. The zero-order valence-corrected chi connectivity index (χ0v) is 22.6. The topological polar surface area (TPSA) is 138 Å². The van der Waals surface area contributed by atoms with E-state index in [4.69, 9.17) is 21.1 Å². The van der Waals surface area contributed by atoms with Gasteiger partial charge in [0.1, 0.15) is 12.4 Å². The molecular weight excluding hydrogens is 590 g/mol. The Morgan fingerprint density at radius 3 is 2.57 bits per heavy atom. The monoisotopic (exact) mass is 613 g/mol. The van der Waals surface area contributed by atoms with Crippen LogP contribution in [0.3, 0.4) is 0 Å². The second-order valence-corrected chi connectivity index (χ2v) is 9.21. The Morgan fingerprint density at radius 1 is 1.17 bits per heavy atom. The van der Waals surface area contributed by atoms with E-state index in [1.54, 1.807) is 0 Å². The van der Waals surface area contributed by atoms with Gasteiger partial charge in [-0.3, -0.25) is 4.57 Å². The fourth-order valence-electron chi connectivity index (χ4n) is 3.73. The zero-order valence-electron chi connectivity index (χ0n) is 21.9. The predicted molar refractivity (Wildman–Crippen MR) is 139 cm³/mol. The van der Waals surface area contributed by atoms with E-state index in [1.807, 2.05) is 0 Å². The lowest BCUT2D eigenvalue weighted by molar-refractivity contribution is -0.207. The second kappa shape index (κ2) is 13.1. The van der Waals surface area contributed by atoms with Gasteiger partial charge in [-0.15, -0.1) is 10.2 Å². The fourth-order valence-corrected chi connectivity index (χ4v) is 3.86. The SMILES string of the molecule is COCCNC(=O)OCc1nc(Cn2nc(-c3ccc(Cl)cc3)n(C[C@H](O)C(F)(F)F)c2=O)nn1-c1cccc(F)c1. The predicted octanol–water partition coefficient (Wildman–Crippen LogP) is 2.93. The summed E-state index contributed by atoms with van der Waals surface area (Å²) in [4.78, 5) is 29.5. The first-order valence-corrected chi connectivity index (χ1v) is 12.6. The summed E-state index contributed by atoms with van der Waals surface area (Å²) in [6.07, 6.45) is -8.62. The Morgan fingerprint density at radius 2 is 1.90 bits per heavy atom. The summed E-state index contributed by atoms with van der Waals surface area (Å²) in [5.74, 6) is -0.751. The summed E-state index contributed by atoms with van der Waals surface area (Å²) in [6.45, 7) is -1.52. The number of carbonyl (C=O) groups is 1. The average Bonchev–Trinajstić information content (AvgIpc) is 3.48. The highest BCUT2D eigenvalue weighted by Gasteiger charge is 2.39. The minimum atomic E-state index is -4.99. The number of hydrogen-bond acceptors (Lipinski definition) is 8. The van der Waals surface area contributed by atoms with Crippen molar-refractivity contribution in [3.05, 3.63) is 81.5 Å². The van der Waals surface area contributed by atoms with Gasteiger partial charge < -0.3 is 19.9 Å². The van der Waals surface area contributed by atoms with Crippen molar-refractivity contribution in [3.8, 4) is 17.1 Å². The zero-order chi connectivity index (χ0) is 30.4. The van der Waals surface area contributed by atoms with E-state index < -0.39 is 49.6 Å². The highest BCUT2D eigenvalue weighted by Crippen LogP contribution is 2.24. The van der Waals surface area contributed by atoms with Gasteiger partial charge in [-0.25, -0.2) is 28.3 Å². The Labute approximate surface area is 240 Å². The number of nitrogens with one attached hydrogen (secondary N) is 1. The first-order valence-electron chi connectivity index (χ1n) is 12.2. The highest BCUT2D eigenvalue weighted by atomic mass is 35.5. The standard InChI is InChI=1S/C25H24ClF4N7O5/c1-41-10-9-31-23(39)42-14-21-32-20(33-37(21)18-4-2-3-17(27)11-18)13-36-24(40)35(12-19(38)25(28,29)30)22(34-36)15-5-7-16(26)8-6-15/h2-8,11,19,38H,9-10,12-14H2,1H3,(H,31,39)/t19-/m0/s1. The van der Waals surface area contributed by atoms with Crippen molar-refractivity contribution in [3.63, 3.8) is 0 Å². The summed E-state index contributed by atoms with van der Waals surface area (Å²) in [5, 5.41) is 20.9. The van der Waals surface area contributed by atoms with Crippen LogP contribution >= 0.6 is 11.6 Å². The Balaban J connectivity index is 1.69. The van der Waals surface area contributed by atoms with Gasteiger partial charge in [0.2, 0.25) is 0 Å². The third-order valence-corrected chi connectivity index (χ3v) is 5.98.